The van der Waals surface area contributed by atoms with Gasteiger partial charge in [-0.3, -0.25) is 9.62 Å². The van der Waals surface area contributed by atoms with Crippen LogP contribution in [-0.4, -0.2) is 48.5 Å². The second kappa shape index (κ2) is 5.25. The molecule has 4 heteroatoms. The van der Waals surface area contributed by atoms with Crippen LogP contribution in [0.3, 0.4) is 0 Å². The Hall–Kier alpha value is 0.230. The number of hydrogen-bond acceptors (Lipinski definition) is 4. The topological polar surface area (TPSA) is 24.5 Å². The lowest BCUT2D eigenvalue weighted by Crippen LogP contribution is -2.43. The summed E-state index contributed by atoms with van der Waals surface area (Å²) in [4.78, 5) is 2.64. The third kappa shape index (κ3) is 2.55. The Bertz CT molecular complexity index is 237. The van der Waals surface area contributed by atoms with Crippen molar-refractivity contribution < 1.29 is 4.74 Å². The molecule has 0 amide bonds. The van der Waals surface area contributed by atoms with Crippen molar-refractivity contribution in [3.8, 4) is 0 Å². The fourth-order valence-corrected chi connectivity index (χ4v) is 3.58. The van der Waals surface area contributed by atoms with E-state index in [0.29, 0.717) is 17.7 Å². The minimum atomic E-state index is 0.345. The lowest BCUT2D eigenvalue weighted by Gasteiger charge is -2.32. The van der Waals surface area contributed by atoms with Crippen LogP contribution in [0, 0.1) is 0 Å². The second-order valence-corrected chi connectivity index (χ2v) is 6.00. The summed E-state index contributed by atoms with van der Waals surface area (Å²) in [6.07, 6.45) is 6.37. The van der Waals surface area contributed by atoms with Crippen molar-refractivity contribution in [2.75, 3.05) is 26.0 Å². The molecule has 3 nitrogen and oxygen atoms in total. The van der Waals surface area contributed by atoms with Gasteiger partial charge in [0.15, 0.2) is 0 Å². The molecule has 2 unspecified atom stereocenters. The Morgan fingerprint density at radius 2 is 2.38 bits per heavy atom. The predicted octanol–water partition coefficient (Wildman–Crippen LogP) is 1.89. The number of hydrogen-bond donors (Lipinski definition) is 1. The molecular weight excluding hydrogens is 220 g/mol. The van der Waals surface area contributed by atoms with Crippen LogP contribution >= 0.6 is 11.9 Å². The van der Waals surface area contributed by atoms with E-state index in [1.165, 1.54) is 32.4 Å². The first-order valence-corrected chi connectivity index (χ1v) is 7.54. The Morgan fingerprint density at radius 3 is 3.06 bits per heavy atom. The normalized spacial score (nSPS) is 34.9. The summed E-state index contributed by atoms with van der Waals surface area (Å²) in [5.41, 5.74) is 0.345. The minimum absolute atomic E-state index is 0.345. The Morgan fingerprint density at radius 1 is 1.56 bits per heavy atom. The molecule has 1 N–H and O–H groups in total. The van der Waals surface area contributed by atoms with E-state index >= 15 is 0 Å². The highest BCUT2D eigenvalue weighted by Crippen LogP contribution is 2.39. The maximum absolute atomic E-state index is 5.88. The van der Waals surface area contributed by atoms with E-state index in [9.17, 15) is 0 Å². The number of nitrogens with one attached hydrogen (secondary N) is 1. The molecule has 0 bridgehead atoms. The molecule has 2 fully saturated rings. The van der Waals surface area contributed by atoms with Crippen molar-refractivity contribution in [3.05, 3.63) is 0 Å². The number of nitrogens with zero attached hydrogens (tertiary/aromatic N) is 1. The van der Waals surface area contributed by atoms with Crippen LogP contribution in [0.25, 0.3) is 0 Å². The molecule has 16 heavy (non-hydrogen) atoms. The fraction of sp³-hybridized carbons (Fsp3) is 1.00. The molecule has 2 atom stereocenters. The van der Waals surface area contributed by atoms with Crippen LogP contribution in [0.5, 0.6) is 0 Å². The van der Waals surface area contributed by atoms with Crippen LogP contribution in [0.1, 0.15) is 33.1 Å². The molecule has 0 aliphatic carbocycles. The van der Waals surface area contributed by atoms with Gasteiger partial charge in [-0.05, 0) is 45.9 Å². The van der Waals surface area contributed by atoms with Crippen molar-refractivity contribution in [2.24, 2.45) is 0 Å². The van der Waals surface area contributed by atoms with Gasteiger partial charge in [0, 0.05) is 18.1 Å². The van der Waals surface area contributed by atoms with Gasteiger partial charge < -0.3 is 4.74 Å². The first kappa shape index (κ1) is 12.7. The third-order valence-electron chi connectivity index (χ3n) is 3.78. The molecule has 2 aliphatic rings. The highest BCUT2D eigenvalue weighted by atomic mass is 32.2. The first-order valence-electron chi connectivity index (χ1n) is 6.31. The van der Waals surface area contributed by atoms with Crippen molar-refractivity contribution in [1.82, 2.24) is 9.62 Å². The molecule has 0 radical (unpaired) electrons. The molecule has 0 saturated carbocycles. The Balaban J connectivity index is 1.94. The molecular formula is C12H24N2OS. The Labute approximate surface area is 103 Å². The van der Waals surface area contributed by atoms with Crippen LogP contribution in [-0.2, 0) is 4.74 Å². The van der Waals surface area contributed by atoms with Gasteiger partial charge in [-0.2, -0.15) is 0 Å². The molecule has 2 aliphatic heterocycles. The quantitative estimate of drug-likeness (QED) is 0.746. The maximum Gasteiger partial charge on any atom is 0.0654 e. The molecule has 2 saturated heterocycles. The third-order valence-corrected chi connectivity index (χ3v) is 4.35. The van der Waals surface area contributed by atoms with Crippen LogP contribution in [0.2, 0.25) is 0 Å². The highest BCUT2D eigenvalue weighted by molar-refractivity contribution is 7.96. The molecule has 2 heterocycles. The van der Waals surface area contributed by atoms with Crippen molar-refractivity contribution in [3.63, 3.8) is 0 Å². The predicted molar refractivity (Wildman–Crippen MR) is 69.7 cm³/mol. The molecule has 0 aromatic heterocycles. The van der Waals surface area contributed by atoms with Crippen LogP contribution in [0.15, 0.2) is 0 Å². The van der Waals surface area contributed by atoms with Crippen molar-refractivity contribution in [1.29, 1.82) is 0 Å². The summed E-state index contributed by atoms with van der Waals surface area (Å²) >= 11 is 1.74. The SMILES string of the molecule is CSNC1CN2CCCC2(COC(C)C)C1. The number of ether oxygens (including phenoxy) is 1. The van der Waals surface area contributed by atoms with E-state index in [0.717, 1.165) is 6.61 Å². The molecule has 94 valence electrons. The van der Waals surface area contributed by atoms with E-state index in [2.05, 4.69) is 29.7 Å². The summed E-state index contributed by atoms with van der Waals surface area (Å²) in [7, 11) is 0. The maximum atomic E-state index is 5.88. The molecule has 0 spiro atoms. The summed E-state index contributed by atoms with van der Waals surface area (Å²) in [6, 6.07) is 0.645. The standard InChI is InChI=1S/C12H24N2OS/c1-10(2)15-9-12-5-4-6-14(12)8-11(7-12)13-16-3/h10-11,13H,4-9H2,1-3H3. The van der Waals surface area contributed by atoms with Crippen molar-refractivity contribution in [2.45, 2.75) is 50.8 Å². The van der Waals surface area contributed by atoms with Gasteiger partial charge in [-0.15, -0.1) is 0 Å². The summed E-state index contributed by atoms with van der Waals surface area (Å²) in [6.45, 7) is 7.62. The van der Waals surface area contributed by atoms with Gasteiger partial charge in [-0.25, -0.2) is 0 Å². The summed E-state index contributed by atoms with van der Waals surface area (Å²) in [5.74, 6) is 0. The van der Waals surface area contributed by atoms with E-state index in [1.807, 2.05) is 0 Å². The van der Waals surface area contributed by atoms with E-state index < -0.39 is 0 Å². The average molecular weight is 244 g/mol. The minimum Gasteiger partial charge on any atom is -0.377 e. The van der Waals surface area contributed by atoms with Gasteiger partial charge in [0.05, 0.1) is 12.7 Å². The van der Waals surface area contributed by atoms with Crippen LogP contribution in [0.4, 0.5) is 0 Å². The number of rotatable bonds is 5. The highest BCUT2D eigenvalue weighted by Gasteiger charge is 2.48. The van der Waals surface area contributed by atoms with E-state index in [1.54, 1.807) is 11.9 Å². The van der Waals surface area contributed by atoms with Gasteiger partial charge >= 0.3 is 0 Å². The monoisotopic (exact) mass is 244 g/mol. The largest absolute Gasteiger partial charge is 0.377 e. The van der Waals surface area contributed by atoms with Crippen molar-refractivity contribution >= 4 is 11.9 Å². The zero-order chi connectivity index (χ0) is 11.6. The smallest absolute Gasteiger partial charge is 0.0654 e. The fourth-order valence-electron chi connectivity index (χ4n) is 3.09. The van der Waals surface area contributed by atoms with Crippen LogP contribution < -0.4 is 4.72 Å². The average Bonchev–Trinajstić information content (AvgIpc) is 2.72. The van der Waals surface area contributed by atoms with Gasteiger partial charge in [0.1, 0.15) is 0 Å². The van der Waals surface area contributed by atoms with Gasteiger partial charge in [-0.1, -0.05) is 11.9 Å². The van der Waals surface area contributed by atoms with E-state index in [-0.39, 0.29) is 0 Å². The number of fused-ring (bicyclic) bond motifs is 1. The van der Waals surface area contributed by atoms with Gasteiger partial charge in [0.25, 0.3) is 0 Å². The zero-order valence-corrected chi connectivity index (χ0v) is 11.5. The van der Waals surface area contributed by atoms with Gasteiger partial charge in [0.2, 0.25) is 0 Å². The first-order chi connectivity index (χ1) is 7.66. The summed E-state index contributed by atoms with van der Waals surface area (Å²) in [5, 5.41) is 0. The zero-order valence-electron chi connectivity index (χ0n) is 10.7. The molecule has 0 aromatic rings. The molecule has 2 rings (SSSR count). The lowest BCUT2D eigenvalue weighted by atomic mass is 9.94. The summed E-state index contributed by atoms with van der Waals surface area (Å²) < 4.78 is 9.39. The lowest BCUT2D eigenvalue weighted by molar-refractivity contribution is 0.00302. The van der Waals surface area contributed by atoms with E-state index in [4.69, 9.17) is 4.74 Å². The second-order valence-electron chi connectivity index (χ2n) is 5.36. The molecule has 0 aromatic carbocycles. The Kier molecular flexibility index (Phi) is 4.16.